The fourth-order valence-electron chi connectivity index (χ4n) is 2.74. The van der Waals surface area contributed by atoms with Gasteiger partial charge in [0.2, 0.25) is 10.0 Å². The minimum Gasteiger partial charge on any atom is -0.271 e. The Morgan fingerprint density at radius 2 is 1.87 bits per heavy atom. The number of hydrogen-bond donors (Lipinski definition) is 1. The average Bonchev–Trinajstić information content (AvgIpc) is 3.03. The highest BCUT2D eigenvalue weighted by Crippen LogP contribution is 2.28. The number of hydrogen-bond acceptors (Lipinski definition) is 4. The monoisotopic (exact) mass is 434 g/mol. The van der Waals surface area contributed by atoms with Gasteiger partial charge in [0.05, 0.1) is 27.9 Å². The number of pyridine rings is 1. The molecule has 3 rings (SSSR count). The lowest BCUT2D eigenvalue weighted by molar-refractivity contribution is -0.137. The van der Waals surface area contributed by atoms with Crippen molar-refractivity contribution in [1.29, 1.82) is 0 Å². The normalized spacial score (nSPS) is 11.8. The zero-order chi connectivity index (χ0) is 21.9. The number of sulfonamides is 1. The largest absolute Gasteiger partial charge is 0.417 e. The fourth-order valence-corrected chi connectivity index (χ4v) is 3.30. The summed E-state index contributed by atoms with van der Waals surface area (Å²) in [5.74, 6) is 5.84. The molecule has 0 unspecified atom stereocenters. The minimum absolute atomic E-state index is 0.0333. The summed E-state index contributed by atoms with van der Waals surface area (Å²) in [7, 11) is -2.09. The number of primary sulfonamides is 1. The number of aryl methyl sites for hydroxylation is 2. The number of nitrogens with two attached hydrogens (primary N) is 1. The summed E-state index contributed by atoms with van der Waals surface area (Å²) >= 11 is 0. The van der Waals surface area contributed by atoms with Crippen LogP contribution in [0, 0.1) is 11.8 Å². The standard InChI is InChI=1S/C20H17F3N4O2S/c1-27-19(10-9-17-8-7-16(13-25-17)20(21,22)23)15(12-26-27)6-5-14-3-2-4-18(11-14)30(24,28)29/h2-4,7-8,11-13H,9-10H2,1H3,(H2,24,28,29). The van der Waals surface area contributed by atoms with E-state index in [2.05, 4.69) is 21.9 Å². The smallest absolute Gasteiger partial charge is 0.271 e. The molecule has 2 N–H and O–H groups in total. The van der Waals surface area contributed by atoms with Crippen LogP contribution in [0.4, 0.5) is 13.2 Å². The third-order valence-electron chi connectivity index (χ3n) is 4.34. The minimum atomic E-state index is -4.42. The maximum atomic E-state index is 12.6. The second-order valence-corrected chi connectivity index (χ2v) is 8.05. The van der Waals surface area contributed by atoms with Crippen molar-refractivity contribution in [2.45, 2.75) is 23.9 Å². The molecule has 2 heterocycles. The van der Waals surface area contributed by atoms with Crippen LogP contribution in [0.15, 0.2) is 53.7 Å². The maximum absolute atomic E-state index is 12.6. The molecular formula is C20H17F3N4O2S. The zero-order valence-electron chi connectivity index (χ0n) is 15.8. The molecular weight excluding hydrogens is 417 g/mol. The van der Waals surface area contributed by atoms with Crippen LogP contribution in [0.3, 0.4) is 0 Å². The molecule has 0 amide bonds. The van der Waals surface area contributed by atoms with Crippen molar-refractivity contribution in [2.24, 2.45) is 12.2 Å². The molecule has 3 aromatic rings. The van der Waals surface area contributed by atoms with Crippen molar-refractivity contribution in [3.05, 3.63) is 76.9 Å². The molecule has 0 bridgehead atoms. The van der Waals surface area contributed by atoms with E-state index >= 15 is 0 Å². The van der Waals surface area contributed by atoms with Gasteiger partial charge in [-0.1, -0.05) is 17.9 Å². The molecule has 0 fully saturated rings. The second-order valence-electron chi connectivity index (χ2n) is 6.49. The van der Waals surface area contributed by atoms with Gasteiger partial charge < -0.3 is 0 Å². The molecule has 0 aliphatic carbocycles. The van der Waals surface area contributed by atoms with Gasteiger partial charge in [-0.3, -0.25) is 9.67 Å². The Kier molecular flexibility index (Phi) is 5.96. The number of alkyl halides is 3. The maximum Gasteiger partial charge on any atom is 0.417 e. The molecule has 6 nitrogen and oxygen atoms in total. The summed E-state index contributed by atoms with van der Waals surface area (Å²) in [5, 5.41) is 9.30. The Bertz CT molecular complexity index is 1220. The molecule has 10 heteroatoms. The summed E-state index contributed by atoms with van der Waals surface area (Å²) in [6, 6.07) is 8.32. The van der Waals surface area contributed by atoms with Crippen molar-refractivity contribution in [3.8, 4) is 11.8 Å². The quantitative estimate of drug-likeness (QED) is 0.640. The van der Waals surface area contributed by atoms with Gasteiger partial charge in [0.25, 0.3) is 0 Å². The molecule has 2 aromatic heterocycles. The first-order valence-electron chi connectivity index (χ1n) is 8.72. The van der Waals surface area contributed by atoms with Crippen molar-refractivity contribution < 1.29 is 21.6 Å². The molecule has 0 saturated heterocycles. The third-order valence-corrected chi connectivity index (χ3v) is 5.25. The van der Waals surface area contributed by atoms with E-state index in [0.717, 1.165) is 18.0 Å². The van der Waals surface area contributed by atoms with Crippen LogP contribution in [0.25, 0.3) is 0 Å². The average molecular weight is 434 g/mol. The highest BCUT2D eigenvalue weighted by Gasteiger charge is 2.30. The van der Waals surface area contributed by atoms with Crippen LogP contribution in [-0.4, -0.2) is 23.2 Å². The Morgan fingerprint density at radius 1 is 1.10 bits per heavy atom. The number of rotatable bonds is 4. The fraction of sp³-hybridized carbons (Fsp3) is 0.200. The summed E-state index contributed by atoms with van der Waals surface area (Å²) in [6.07, 6.45) is -1.15. The molecule has 0 aliphatic rings. The topological polar surface area (TPSA) is 90.9 Å². The van der Waals surface area contributed by atoms with E-state index in [1.165, 1.54) is 18.2 Å². The number of benzene rings is 1. The lowest BCUT2D eigenvalue weighted by Crippen LogP contribution is -2.11. The van der Waals surface area contributed by atoms with Gasteiger partial charge in [-0.05, 0) is 43.2 Å². The van der Waals surface area contributed by atoms with E-state index in [0.29, 0.717) is 29.7 Å². The Morgan fingerprint density at radius 3 is 2.50 bits per heavy atom. The van der Waals surface area contributed by atoms with Gasteiger partial charge in [0, 0.05) is 24.5 Å². The number of halogens is 3. The summed E-state index contributed by atoms with van der Waals surface area (Å²) in [5.41, 5.74) is 1.61. The summed E-state index contributed by atoms with van der Waals surface area (Å²) < 4.78 is 62.5. The molecule has 0 aliphatic heterocycles. The SMILES string of the molecule is Cn1ncc(C#Cc2cccc(S(N)(=O)=O)c2)c1CCc1ccc(C(F)(F)F)cn1. The second kappa shape index (κ2) is 8.30. The molecule has 0 spiro atoms. The predicted molar refractivity (Wildman–Crippen MR) is 104 cm³/mol. The van der Waals surface area contributed by atoms with E-state index in [1.807, 2.05) is 0 Å². The van der Waals surface area contributed by atoms with Gasteiger partial charge in [0.15, 0.2) is 0 Å². The molecule has 30 heavy (non-hydrogen) atoms. The van der Waals surface area contributed by atoms with E-state index in [1.54, 1.807) is 30.1 Å². The number of nitrogens with zero attached hydrogens (tertiary/aromatic N) is 3. The highest BCUT2D eigenvalue weighted by molar-refractivity contribution is 7.89. The van der Waals surface area contributed by atoms with Crippen molar-refractivity contribution in [1.82, 2.24) is 14.8 Å². The van der Waals surface area contributed by atoms with Gasteiger partial charge in [0.1, 0.15) is 0 Å². The zero-order valence-corrected chi connectivity index (χ0v) is 16.6. The molecule has 0 saturated carbocycles. The van der Waals surface area contributed by atoms with Gasteiger partial charge in [-0.15, -0.1) is 0 Å². The Balaban J connectivity index is 1.78. The van der Waals surface area contributed by atoms with Crippen LogP contribution in [0.5, 0.6) is 0 Å². The first-order chi connectivity index (χ1) is 14.0. The van der Waals surface area contributed by atoms with Crippen molar-refractivity contribution >= 4 is 10.0 Å². The van der Waals surface area contributed by atoms with E-state index < -0.39 is 21.8 Å². The number of aromatic nitrogens is 3. The van der Waals surface area contributed by atoms with E-state index in [-0.39, 0.29) is 4.90 Å². The highest BCUT2D eigenvalue weighted by atomic mass is 32.2. The first-order valence-corrected chi connectivity index (χ1v) is 10.3. The Labute approximate surface area is 171 Å². The van der Waals surface area contributed by atoms with Gasteiger partial charge in [-0.25, -0.2) is 13.6 Å². The van der Waals surface area contributed by atoms with Crippen molar-refractivity contribution in [2.75, 3.05) is 0 Å². The first kappa shape index (κ1) is 21.5. The van der Waals surface area contributed by atoms with Crippen LogP contribution in [0.2, 0.25) is 0 Å². The Hall–Kier alpha value is -3.16. The summed E-state index contributed by atoms with van der Waals surface area (Å²) in [6.45, 7) is 0. The summed E-state index contributed by atoms with van der Waals surface area (Å²) in [4.78, 5) is 3.84. The third kappa shape index (κ3) is 5.25. The van der Waals surface area contributed by atoms with Crippen LogP contribution in [-0.2, 0) is 36.1 Å². The van der Waals surface area contributed by atoms with Crippen LogP contribution < -0.4 is 5.14 Å². The van der Waals surface area contributed by atoms with E-state index in [4.69, 9.17) is 5.14 Å². The van der Waals surface area contributed by atoms with E-state index in [9.17, 15) is 21.6 Å². The predicted octanol–water partition coefficient (Wildman–Crippen LogP) is 2.67. The molecule has 0 atom stereocenters. The van der Waals surface area contributed by atoms with Crippen molar-refractivity contribution in [3.63, 3.8) is 0 Å². The molecule has 0 radical (unpaired) electrons. The lowest BCUT2D eigenvalue weighted by Gasteiger charge is -2.07. The molecule has 156 valence electrons. The molecule has 1 aromatic carbocycles. The van der Waals surface area contributed by atoms with Gasteiger partial charge in [-0.2, -0.15) is 18.3 Å². The lowest BCUT2D eigenvalue weighted by atomic mass is 10.1. The van der Waals surface area contributed by atoms with Gasteiger partial charge >= 0.3 is 6.18 Å². The van der Waals surface area contributed by atoms with Crippen LogP contribution in [0.1, 0.15) is 28.1 Å². The van der Waals surface area contributed by atoms with Crippen LogP contribution >= 0.6 is 0 Å².